The molecule has 10 heteroatoms. The van der Waals surface area contributed by atoms with Crippen molar-refractivity contribution in [2.24, 2.45) is 0 Å². The molecule has 1 amide bonds. The number of allylic oxidation sites excluding steroid dienone is 13. The average molecular weight is 1080 g/mol. The molecule has 440 valence electrons. The number of unbranched alkanes of at least 4 members (excludes halogenated alkanes) is 28. The number of amides is 1. The molecule has 0 radical (unpaired) electrons. The van der Waals surface area contributed by atoms with Crippen LogP contribution in [0.2, 0.25) is 0 Å². The molecule has 0 saturated heterocycles. The van der Waals surface area contributed by atoms with Crippen molar-refractivity contribution < 1.29 is 37.3 Å². The van der Waals surface area contributed by atoms with E-state index < -0.39 is 20.0 Å². The van der Waals surface area contributed by atoms with E-state index in [-0.39, 0.29) is 37.9 Å². The number of ether oxygens (including phenoxy) is 1. The highest BCUT2D eigenvalue weighted by Crippen LogP contribution is 2.43. The molecule has 0 aromatic rings. The molecule has 0 saturated carbocycles. The van der Waals surface area contributed by atoms with Crippen molar-refractivity contribution in [1.29, 1.82) is 0 Å². The monoisotopic (exact) mass is 1080 g/mol. The maximum Gasteiger partial charge on any atom is 0.472 e. The number of nitrogens with zero attached hydrogens (tertiary/aromatic N) is 1. The summed E-state index contributed by atoms with van der Waals surface area (Å²) in [6.45, 7) is 6.84. The van der Waals surface area contributed by atoms with E-state index in [2.05, 4.69) is 92.9 Å². The average Bonchev–Trinajstić information content (AvgIpc) is 3.38. The van der Waals surface area contributed by atoms with Gasteiger partial charge in [0, 0.05) is 12.8 Å². The number of phosphoric acid groups is 1. The molecular formula is C66H120N2O7P+. The Morgan fingerprint density at radius 1 is 0.474 bits per heavy atom. The maximum absolute atomic E-state index is 13.5. The van der Waals surface area contributed by atoms with Crippen molar-refractivity contribution in [1.82, 2.24) is 5.32 Å². The second-order valence-electron chi connectivity index (χ2n) is 22.2. The molecule has 0 rings (SSSR count). The van der Waals surface area contributed by atoms with Crippen LogP contribution < -0.4 is 5.32 Å². The van der Waals surface area contributed by atoms with E-state index in [9.17, 15) is 19.0 Å². The first kappa shape index (κ1) is 73.2. The van der Waals surface area contributed by atoms with Crippen LogP contribution in [0, 0.1) is 0 Å². The molecule has 3 unspecified atom stereocenters. The third kappa shape index (κ3) is 55.9. The van der Waals surface area contributed by atoms with Crippen LogP contribution in [-0.4, -0.2) is 74.3 Å². The smallest absolute Gasteiger partial charge is 0.456 e. The fourth-order valence-corrected chi connectivity index (χ4v) is 9.48. The minimum atomic E-state index is -4.47. The zero-order valence-corrected chi connectivity index (χ0v) is 51.1. The van der Waals surface area contributed by atoms with Gasteiger partial charge in [-0.2, -0.15) is 0 Å². The van der Waals surface area contributed by atoms with Gasteiger partial charge < -0.3 is 19.4 Å². The molecular weight excluding hydrogens is 964 g/mol. The lowest BCUT2D eigenvalue weighted by Crippen LogP contribution is -2.47. The number of quaternary nitrogens is 1. The van der Waals surface area contributed by atoms with Crippen molar-refractivity contribution in [3.05, 3.63) is 85.1 Å². The van der Waals surface area contributed by atoms with Crippen molar-refractivity contribution in [2.75, 3.05) is 40.9 Å². The van der Waals surface area contributed by atoms with E-state index in [1.54, 1.807) is 0 Å². The molecule has 0 aliphatic heterocycles. The van der Waals surface area contributed by atoms with E-state index in [4.69, 9.17) is 13.8 Å². The highest BCUT2D eigenvalue weighted by molar-refractivity contribution is 7.47. The van der Waals surface area contributed by atoms with Crippen molar-refractivity contribution in [3.63, 3.8) is 0 Å². The summed E-state index contributed by atoms with van der Waals surface area (Å²) < 4.78 is 30.6. The fourth-order valence-electron chi connectivity index (χ4n) is 8.75. The van der Waals surface area contributed by atoms with Crippen LogP contribution >= 0.6 is 7.82 Å². The molecule has 0 bridgehead atoms. The van der Waals surface area contributed by atoms with Crippen molar-refractivity contribution in [3.8, 4) is 0 Å². The van der Waals surface area contributed by atoms with E-state index >= 15 is 0 Å². The van der Waals surface area contributed by atoms with Gasteiger partial charge in [0.25, 0.3) is 0 Å². The summed E-state index contributed by atoms with van der Waals surface area (Å²) in [6.07, 6.45) is 73.3. The van der Waals surface area contributed by atoms with Gasteiger partial charge in [-0.3, -0.25) is 18.6 Å². The van der Waals surface area contributed by atoms with Crippen LogP contribution in [0.4, 0.5) is 0 Å². The van der Waals surface area contributed by atoms with Gasteiger partial charge in [-0.05, 0) is 89.5 Å². The summed E-state index contributed by atoms with van der Waals surface area (Å²) in [5.74, 6) is -0.601. The predicted octanol–water partition coefficient (Wildman–Crippen LogP) is 19.4. The zero-order valence-electron chi connectivity index (χ0n) is 50.2. The first-order chi connectivity index (χ1) is 36.9. The van der Waals surface area contributed by atoms with Crippen molar-refractivity contribution in [2.45, 2.75) is 283 Å². The quantitative estimate of drug-likeness (QED) is 0.0205. The van der Waals surface area contributed by atoms with E-state index in [1.807, 2.05) is 39.4 Å². The zero-order chi connectivity index (χ0) is 55.7. The predicted molar refractivity (Wildman–Crippen MR) is 328 cm³/mol. The highest BCUT2D eigenvalue weighted by Gasteiger charge is 2.30. The summed E-state index contributed by atoms with van der Waals surface area (Å²) in [5.41, 5.74) is 0. The van der Waals surface area contributed by atoms with Gasteiger partial charge in [0.05, 0.1) is 33.8 Å². The first-order valence-electron chi connectivity index (χ1n) is 31.4. The number of likely N-dealkylation sites (N-methyl/N-ethyl adjacent to an activating group) is 1. The molecule has 0 spiro atoms. The number of nitrogens with one attached hydrogen (secondary N) is 1. The maximum atomic E-state index is 13.5. The Labute approximate surface area is 469 Å². The lowest BCUT2D eigenvalue weighted by Gasteiger charge is -2.27. The Hall–Kier alpha value is -2.81. The fraction of sp³-hybridized carbons (Fsp3) is 0.758. The molecule has 76 heavy (non-hydrogen) atoms. The number of esters is 1. The minimum absolute atomic E-state index is 0.0244. The second kappa shape index (κ2) is 55.5. The van der Waals surface area contributed by atoms with Crippen LogP contribution in [-0.2, 0) is 27.9 Å². The summed E-state index contributed by atoms with van der Waals surface area (Å²) >= 11 is 0. The van der Waals surface area contributed by atoms with E-state index in [1.165, 1.54) is 161 Å². The van der Waals surface area contributed by atoms with Crippen LogP contribution in [0.3, 0.4) is 0 Å². The first-order valence-corrected chi connectivity index (χ1v) is 32.9. The summed E-state index contributed by atoms with van der Waals surface area (Å²) in [6, 6.07) is -0.890. The third-order valence-electron chi connectivity index (χ3n) is 13.6. The highest BCUT2D eigenvalue weighted by atomic mass is 31.2. The lowest BCUT2D eigenvalue weighted by atomic mass is 10.0. The van der Waals surface area contributed by atoms with Gasteiger partial charge in [0.1, 0.15) is 19.3 Å². The number of hydrogen-bond donors (Lipinski definition) is 2. The Balaban J connectivity index is 5.22. The van der Waals surface area contributed by atoms with E-state index in [0.29, 0.717) is 17.4 Å². The number of carbonyl (C=O) groups is 2. The SMILES string of the molecule is CC/C=C/C/C=C/C/C=C/C/C=C/C/C=C/CCC(=O)NC(COP(=O)(O)OCC[N+](C)(C)C)C(/C=C\CCCCCCCCCCC)OC(=O)CCCCCCCCCCCCCCC/C=C/CCCCCCCC. The molecule has 2 N–H and O–H groups in total. The summed E-state index contributed by atoms with van der Waals surface area (Å²) in [7, 11) is 1.45. The van der Waals surface area contributed by atoms with Gasteiger partial charge >= 0.3 is 13.8 Å². The van der Waals surface area contributed by atoms with Gasteiger partial charge in [-0.25, -0.2) is 4.57 Å². The normalized spacial score (nSPS) is 14.2. The Morgan fingerprint density at radius 3 is 1.29 bits per heavy atom. The van der Waals surface area contributed by atoms with E-state index in [0.717, 1.165) is 70.6 Å². The molecule has 0 aromatic heterocycles. The van der Waals surface area contributed by atoms with Crippen molar-refractivity contribution >= 4 is 19.7 Å². The van der Waals surface area contributed by atoms with Gasteiger partial charge in [0.2, 0.25) is 5.91 Å². The number of hydrogen-bond acceptors (Lipinski definition) is 6. The Kier molecular flexibility index (Phi) is 53.5. The van der Waals surface area contributed by atoms with Crippen LogP contribution in [0.1, 0.15) is 271 Å². The molecule has 0 aliphatic carbocycles. The van der Waals surface area contributed by atoms with Gasteiger partial charge in [-0.15, -0.1) is 0 Å². The van der Waals surface area contributed by atoms with Gasteiger partial charge in [-0.1, -0.05) is 254 Å². The Bertz CT molecular complexity index is 1580. The Morgan fingerprint density at radius 2 is 0.855 bits per heavy atom. The molecule has 9 nitrogen and oxygen atoms in total. The lowest BCUT2D eigenvalue weighted by molar-refractivity contribution is -0.870. The molecule has 0 fully saturated rings. The molecule has 3 atom stereocenters. The van der Waals surface area contributed by atoms with Crippen LogP contribution in [0.15, 0.2) is 85.1 Å². The van der Waals surface area contributed by atoms with Crippen LogP contribution in [0.25, 0.3) is 0 Å². The van der Waals surface area contributed by atoms with Gasteiger partial charge in [0.15, 0.2) is 0 Å². The molecule has 0 heterocycles. The number of rotatable bonds is 56. The van der Waals surface area contributed by atoms with Crippen LogP contribution in [0.5, 0.6) is 0 Å². The number of phosphoric ester groups is 1. The minimum Gasteiger partial charge on any atom is -0.456 e. The summed E-state index contributed by atoms with van der Waals surface area (Å²) in [4.78, 5) is 37.6. The number of carbonyl (C=O) groups excluding carboxylic acids is 2. The molecule has 0 aromatic carbocycles. The third-order valence-corrected chi connectivity index (χ3v) is 14.6. The topological polar surface area (TPSA) is 111 Å². The standard InChI is InChI=1S/C66H119N2O7P/c1-7-10-13-16-19-22-25-27-29-31-32-33-34-35-36-37-39-41-44-47-50-53-56-59-66(70)75-64(57-54-51-48-45-42-24-21-18-15-12-9-3)63(62-74-76(71,72)73-61-60-68(4,5)6)67-65(69)58-55-52-49-46-43-40-38-30-28-26-23-20-17-14-11-8-2/h11,14,20,23,27-30,40,43,49,52,54,57,63-64H,7-10,12-13,15-19,21-22,24-26,31-39,41-42,44-48,50-51,53,55-56,58-62H2,1-6H3,(H-,67,69,71,72)/p+1/b14-11+,23-20+,29-27+,30-28+,43-40+,52-49+,57-54-. The summed E-state index contributed by atoms with van der Waals surface area (Å²) in [5, 5.41) is 3.00. The molecule has 0 aliphatic rings. The largest absolute Gasteiger partial charge is 0.472 e. The second-order valence-corrected chi connectivity index (χ2v) is 23.6.